The number of nitrogens with one attached hydrogen (secondary N) is 1. The molecule has 0 aromatic heterocycles. The van der Waals surface area contributed by atoms with Crippen molar-refractivity contribution in [2.75, 3.05) is 0 Å². The van der Waals surface area contributed by atoms with Crippen molar-refractivity contribution in [1.82, 2.24) is 5.32 Å². The molecule has 0 radical (unpaired) electrons. The number of ether oxygens (including phenoxy) is 1. The molecule has 1 amide bonds. The third kappa shape index (κ3) is 6.15. The van der Waals surface area contributed by atoms with Crippen LogP contribution in [0.15, 0.2) is 54.6 Å². The van der Waals surface area contributed by atoms with Crippen LogP contribution in [0.2, 0.25) is 0 Å². The third-order valence-corrected chi connectivity index (χ3v) is 3.18. The second-order valence-corrected chi connectivity index (χ2v) is 6.50. The van der Waals surface area contributed by atoms with Crippen molar-refractivity contribution in [1.29, 1.82) is 0 Å². The van der Waals surface area contributed by atoms with Crippen LogP contribution in [-0.2, 0) is 9.53 Å². The van der Waals surface area contributed by atoms with Gasteiger partial charge in [-0.25, -0.2) is 4.79 Å². The molecular formula is C21H21NO3. The molecule has 25 heavy (non-hydrogen) atoms. The Morgan fingerprint density at radius 1 is 1.04 bits per heavy atom. The highest BCUT2D eigenvalue weighted by Gasteiger charge is 2.20. The van der Waals surface area contributed by atoms with Crippen molar-refractivity contribution >= 4 is 12.4 Å². The maximum absolute atomic E-state index is 11.9. The van der Waals surface area contributed by atoms with Crippen LogP contribution in [0, 0.1) is 11.8 Å². The molecule has 1 atom stereocenters. The molecule has 0 aliphatic rings. The summed E-state index contributed by atoms with van der Waals surface area (Å²) in [5.41, 5.74) is 1.70. The summed E-state index contributed by atoms with van der Waals surface area (Å²) in [6.07, 6.45) is 0.0403. The van der Waals surface area contributed by atoms with Gasteiger partial charge in [-0.15, -0.1) is 0 Å². The highest BCUT2D eigenvalue weighted by Crippen LogP contribution is 2.14. The number of alkyl carbamates (subject to hydrolysis) is 1. The lowest BCUT2D eigenvalue weighted by molar-refractivity contribution is -0.109. The monoisotopic (exact) mass is 335 g/mol. The summed E-state index contributed by atoms with van der Waals surface area (Å²) < 4.78 is 5.19. The molecule has 1 unspecified atom stereocenters. The number of rotatable bonds is 3. The largest absolute Gasteiger partial charge is 0.444 e. The number of benzene rings is 2. The molecule has 0 heterocycles. The van der Waals surface area contributed by atoms with Gasteiger partial charge >= 0.3 is 6.09 Å². The Morgan fingerprint density at radius 3 is 2.32 bits per heavy atom. The van der Waals surface area contributed by atoms with Crippen LogP contribution in [0.3, 0.4) is 0 Å². The first-order valence-corrected chi connectivity index (χ1v) is 7.99. The van der Waals surface area contributed by atoms with Gasteiger partial charge in [0.25, 0.3) is 0 Å². The molecule has 0 aliphatic carbocycles. The van der Waals surface area contributed by atoms with E-state index in [1.54, 1.807) is 39.0 Å². The Morgan fingerprint density at radius 2 is 1.68 bits per heavy atom. The Labute approximate surface area is 148 Å². The van der Waals surface area contributed by atoms with Crippen LogP contribution in [-0.4, -0.2) is 18.0 Å². The fourth-order valence-electron chi connectivity index (χ4n) is 2.11. The zero-order chi connectivity index (χ0) is 18.3. The first kappa shape index (κ1) is 18.3. The summed E-state index contributed by atoms with van der Waals surface area (Å²) in [7, 11) is 0. The van der Waals surface area contributed by atoms with Crippen molar-refractivity contribution in [2.45, 2.75) is 32.4 Å². The van der Waals surface area contributed by atoms with Crippen molar-refractivity contribution < 1.29 is 14.3 Å². The van der Waals surface area contributed by atoms with E-state index in [9.17, 15) is 9.59 Å². The van der Waals surface area contributed by atoms with E-state index >= 15 is 0 Å². The number of carbonyl (C=O) groups is 2. The molecule has 2 rings (SSSR count). The molecule has 0 spiro atoms. The van der Waals surface area contributed by atoms with Gasteiger partial charge in [-0.1, -0.05) is 42.2 Å². The number of hydrogen-bond donors (Lipinski definition) is 1. The smallest absolute Gasteiger partial charge is 0.408 e. The van der Waals surface area contributed by atoms with E-state index in [0.717, 1.165) is 11.1 Å². The maximum Gasteiger partial charge on any atom is 0.408 e. The van der Waals surface area contributed by atoms with Crippen molar-refractivity contribution in [3.63, 3.8) is 0 Å². The number of amides is 1. The van der Waals surface area contributed by atoms with E-state index < -0.39 is 17.7 Å². The van der Waals surface area contributed by atoms with Gasteiger partial charge in [0.15, 0.2) is 0 Å². The number of hydrogen-bond acceptors (Lipinski definition) is 3. The average Bonchev–Trinajstić information content (AvgIpc) is 2.57. The molecule has 0 saturated carbocycles. The third-order valence-electron chi connectivity index (χ3n) is 3.18. The van der Waals surface area contributed by atoms with Gasteiger partial charge in [0.1, 0.15) is 17.9 Å². The summed E-state index contributed by atoms with van der Waals surface area (Å²) in [5.74, 6) is 6.13. The molecule has 2 aromatic carbocycles. The summed E-state index contributed by atoms with van der Waals surface area (Å²) in [6, 6.07) is 16.1. The van der Waals surface area contributed by atoms with Crippen LogP contribution in [0.5, 0.6) is 0 Å². The molecule has 0 saturated heterocycles. The summed E-state index contributed by atoms with van der Waals surface area (Å²) in [5, 5.41) is 2.56. The van der Waals surface area contributed by atoms with Gasteiger partial charge in [-0.2, -0.15) is 0 Å². The Hall–Kier alpha value is -3.06. The fraction of sp³-hybridized carbons (Fsp3) is 0.238. The molecule has 4 nitrogen and oxygen atoms in total. The van der Waals surface area contributed by atoms with Crippen LogP contribution in [0.25, 0.3) is 0 Å². The SMILES string of the molecule is CC(C)(C)OC(=O)NC(C=O)c1cccc(C#Cc2ccccc2)c1. The standard InChI is InChI=1S/C21H21NO3/c1-21(2,3)25-20(24)22-19(15-23)18-11-7-10-17(14-18)13-12-16-8-5-4-6-9-16/h4-11,14-15,19H,1-3H3,(H,22,24). The second-order valence-electron chi connectivity index (χ2n) is 6.50. The Kier molecular flexibility index (Phi) is 5.97. The van der Waals surface area contributed by atoms with E-state index in [-0.39, 0.29) is 0 Å². The van der Waals surface area contributed by atoms with Gasteiger partial charge in [0.05, 0.1) is 0 Å². The van der Waals surface area contributed by atoms with Crippen LogP contribution < -0.4 is 5.32 Å². The van der Waals surface area contributed by atoms with Gasteiger partial charge < -0.3 is 14.8 Å². The Balaban J connectivity index is 2.14. The van der Waals surface area contributed by atoms with Gasteiger partial charge in [-0.3, -0.25) is 0 Å². The summed E-state index contributed by atoms with van der Waals surface area (Å²) in [4.78, 5) is 23.3. The topological polar surface area (TPSA) is 55.4 Å². The van der Waals surface area contributed by atoms with E-state index in [1.807, 2.05) is 36.4 Å². The lowest BCUT2D eigenvalue weighted by Gasteiger charge is -2.21. The van der Waals surface area contributed by atoms with Gasteiger partial charge in [0.2, 0.25) is 0 Å². The van der Waals surface area contributed by atoms with Crippen molar-refractivity contribution in [3.8, 4) is 11.8 Å². The van der Waals surface area contributed by atoms with Crippen LogP contribution in [0.4, 0.5) is 4.79 Å². The molecule has 4 heteroatoms. The lowest BCUT2D eigenvalue weighted by Crippen LogP contribution is -2.35. The first-order valence-electron chi connectivity index (χ1n) is 7.99. The highest BCUT2D eigenvalue weighted by atomic mass is 16.6. The average molecular weight is 335 g/mol. The fourth-order valence-corrected chi connectivity index (χ4v) is 2.11. The quantitative estimate of drug-likeness (QED) is 0.685. The minimum Gasteiger partial charge on any atom is -0.444 e. The summed E-state index contributed by atoms with van der Waals surface area (Å²) in [6.45, 7) is 5.30. The molecule has 128 valence electrons. The van der Waals surface area contributed by atoms with Crippen LogP contribution in [0.1, 0.15) is 43.5 Å². The van der Waals surface area contributed by atoms with E-state index in [0.29, 0.717) is 11.8 Å². The maximum atomic E-state index is 11.9. The van der Waals surface area contributed by atoms with E-state index in [1.165, 1.54) is 0 Å². The first-order chi connectivity index (χ1) is 11.9. The predicted octanol–water partition coefficient (Wildman–Crippen LogP) is 3.85. The minimum atomic E-state index is -0.784. The van der Waals surface area contributed by atoms with Gasteiger partial charge in [0, 0.05) is 11.1 Å². The molecule has 0 fully saturated rings. The molecule has 0 aliphatic heterocycles. The van der Waals surface area contributed by atoms with Crippen molar-refractivity contribution in [2.24, 2.45) is 0 Å². The van der Waals surface area contributed by atoms with Crippen LogP contribution >= 0.6 is 0 Å². The number of aldehydes is 1. The zero-order valence-corrected chi connectivity index (χ0v) is 14.6. The van der Waals surface area contributed by atoms with E-state index in [4.69, 9.17) is 4.74 Å². The molecule has 1 N–H and O–H groups in total. The van der Waals surface area contributed by atoms with E-state index in [2.05, 4.69) is 17.2 Å². The second kappa shape index (κ2) is 8.16. The van der Waals surface area contributed by atoms with Crippen molar-refractivity contribution in [3.05, 3.63) is 71.3 Å². The molecular weight excluding hydrogens is 314 g/mol. The Bertz CT molecular complexity index is 795. The molecule has 2 aromatic rings. The molecule has 0 bridgehead atoms. The van der Waals surface area contributed by atoms with Gasteiger partial charge in [-0.05, 0) is 50.6 Å². The predicted molar refractivity (Wildman–Crippen MR) is 97.0 cm³/mol. The highest BCUT2D eigenvalue weighted by molar-refractivity contribution is 5.74. The zero-order valence-electron chi connectivity index (χ0n) is 14.6. The lowest BCUT2D eigenvalue weighted by atomic mass is 10.0. The minimum absolute atomic E-state index is 0.624. The number of carbonyl (C=O) groups excluding carboxylic acids is 2. The summed E-state index contributed by atoms with van der Waals surface area (Å²) >= 11 is 0. The normalized spacial score (nSPS) is 11.6.